The van der Waals surface area contributed by atoms with Gasteiger partial charge in [-0.2, -0.15) is 5.10 Å². The third kappa shape index (κ3) is 3.69. The van der Waals surface area contributed by atoms with E-state index in [9.17, 15) is 4.79 Å². The van der Waals surface area contributed by atoms with Gasteiger partial charge in [0, 0.05) is 24.4 Å². The van der Waals surface area contributed by atoms with Crippen molar-refractivity contribution in [2.75, 3.05) is 13.1 Å². The maximum atomic E-state index is 15.2. The Morgan fingerprint density at radius 2 is 1.90 bits per heavy atom. The van der Waals surface area contributed by atoms with Crippen molar-refractivity contribution in [1.82, 2.24) is 19.7 Å². The van der Waals surface area contributed by atoms with Gasteiger partial charge in [0.05, 0.1) is 17.4 Å². The van der Waals surface area contributed by atoms with E-state index in [4.69, 9.17) is 21.4 Å². The van der Waals surface area contributed by atoms with Crippen LogP contribution in [0.15, 0.2) is 0 Å². The van der Waals surface area contributed by atoms with Gasteiger partial charge in [-0.25, -0.2) is 14.2 Å². The summed E-state index contributed by atoms with van der Waals surface area (Å²) in [5.41, 5.74) is 1.80. The standard InChI is InChI=1S/C23H30ClFN4O2/c1-11(2)8-15-17-19(27-29(12-6-7-12)20(17)18(25)21(24)26-15)16-13-9-28(10-14(13)16)22(30)31-23(3,4)5/h11-14,16H,6-10H2,1-5H3/t13-,14+,16?. The summed E-state index contributed by atoms with van der Waals surface area (Å²) in [5, 5.41) is 5.72. The van der Waals surface area contributed by atoms with E-state index in [-0.39, 0.29) is 23.2 Å². The predicted octanol–water partition coefficient (Wildman–Crippen LogP) is 5.34. The van der Waals surface area contributed by atoms with Crippen molar-refractivity contribution in [2.24, 2.45) is 17.8 Å². The second-order valence-corrected chi connectivity index (χ2v) is 11.1. The molecule has 2 aromatic rings. The summed E-state index contributed by atoms with van der Waals surface area (Å²) in [6, 6.07) is 0.243. The summed E-state index contributed by atoms with van der Waals surface area (Å²) in [6.07, 6.45) is 2.50. The predicted molar refractivity (Wildman–Crippen MR) is 117 cm³/mol. The van der Waals surface area contributed by atoms with E-state index >= 15 is 4.39 Å². The van der Waals surface area contributed by atoms with Crippen molar-refractivity contribution in [3.8, 4) is 0 Å². The van der Waals surface area contributed by atoms with E-state index in [0.717, 1.165) is 36.0 Å². The highest BCUT2D eigenvalue weighted by Gasteiger charge is 2.59. The van der Waals surface area contributed by atoms with E-state index in [1.807, 2.05) is 25.5 Å². The van der Waals surface area contributed by atoms with Crippen molar-refractivity contribution in [3.63, 3.8) is 0 Å². The summed E-state index contributed by atoms with van der Waals surface area (Å²) < 4.78 is 22.5. The number of piperidine rings is 1. The number of nitrogens with zero attached hydrogens (tertiary/aromatic N) is 4. The molecule has 6 nitrogen and oxygen atoms in total. The van der Waals surface area contributed by atoms with Crippen LogP contribution in [0.4, 0.5) is 9.18 Å². The number of carbonyl (C=O) groups excluding carboxylic acids is 1. The maximum Gasteiger partial charge on any atom is 0.410 e. The van der Waals surface area contributed by atoms with Gasteiger partial charge in [0.1, 0.15) is 11.1 Å². The molecule has 3 fully saturated rings. The number of carbonyl (C=O) groups is 1. The molecule has 168 valence electrons. The molecule has 2 saturated carbocycles. The van der Waals surface area contributed by atoms with Gasteiger partial charge in [0.25, 0.3) is 0 Å². The van der Waals surface area contributed by atoms with Crippen molar-refractivity contribution in [3.05, 3.63) is 22.4 Å². The van der Waals surface area contributed by atoms with Gasteiger partial charge in [0.15, 0.2) is 11.0 Å². The van der Waals surface area contributed by atoms with Crippen LogP contribution >= 0.6 is 11.6 Å². The minimum atomic E-state index is -0.503. The molecule has 2 aromatic heterocycles. The lowest BCUT2D eigenvalue weighted by atomic mass is 10.0. The van der Waals surface area contributed by atoms with Gasteiger partial charge < -0.3 is 9.64 Å². The molecular formula is C23H30ClFN4O2. The molecule has 5 rings (SSSR count). The molecule has 0 bridgehead atoms. The lowest BCUT2D eigenvalue weighted by Crippen LogP contribution is -2.36. The first-order valence-electron chi connectivity index (χ1n) is 11.3. The molecule has 0 N–H and O–H groups in total. The van der Waals surface area contributed by atoms with Gasteiger partial charge in [-0.05, 0) is 57.8 Å². The quantitative estimate of drug-likeness (QED) is 0.592. The fourth-order valence-electron chi connectivity index (χ4n) is 5.03. The molecule has 1 aliphatic heterocycles. The van der Waals surface area contributed by atoms with E-state index < -0.39 is 11.4 Å². The number of rotatable bonds is 4. The van der Waals surface area contributed by atoms with Crippen LogP contribution in [0.5, 0.6) is 0 Å². The molecular weight excluding hydrogens is 419 g/mol. The number of halogens is 2. The zero-order chi connectivity index (χ0) is 22.2. The average molecular weight is 449 g/mol. The average Bonchev–Trinajstić information content (AvgIpc) is 3.53. The number of aromatic nitrogens is 3. The fraction of sp³-hybridized carbons (Fsp3) is 0.696. The van der Waals surface area contributed by atoms with Gasteiger partial charge in [0.2, 0.25) is 0 Å². The van der Waals surface area contributed by atoms with E-state index in [1.54, 1.807) is 4.90 Å². The monoisotopic (exact) mass is 448 g/mol. The molecule has 2 aliphatic carbocycles. The molecule has 3 aliphatic rings. The molecule has 3 heterocycles. The van der Waals surface area contributed by atoms with Crippen LogP contribution in [-0.4, -0.2) is 44.4 Å². The highest BCUT2D eigenvalue weighted by atomic mass is 35.5. The first kappa shape index (κ1) is 21.0. The summed E-state index contributed by atoms with van der Waals surface area (Å²) in [7, 11) is 0. The van der Waals surface area contributed by atoms with E-state index in [1.165, 1.54) is 0 Å². The third-order valence-corrected chi connectivity index (χ3v) is 6.75. The number of pyridine rings is 1. The second-order valence-electron chi connectivity index (χ2n) is 10.8. The Labute approximate surface area is 187 Å². The fourth-order valence-corrected chi connectivity index (χ4v) is 5.22. The Bertz CT molecular complexity index is 1040. The highest BCUT2D eigenvalue weighted by molar-refractivity contribution is 6.30. The molecule has 0 radical (unpaired) electrons. The van der Waals surface area contributed by atoms with Crippen LogP contribution in [-0.2, 0) is 11.2 Å². The van der Waals surface area contributed by atoms with E-state index in [2.05, 4.69) is 18.8 Å². The molecule has 0 spiro atoms. The molecule has 1 unspecified atom stereocenters. The van der Waals surface area contributed by atoms with Crippen LogP contribution in [0.1, 0.15) is 70.8 Å². The second kappa shape index (κ2) is 7.06. The largest absolute Gasteiger partial charge is 0.444 e. The molecule has 8 heteroatoms. The van der Waals surface area contributed by atoms with Crippen molar-refractivity contribution in [2.45, 2.75) is 71.4 Å². The zero-order valence-electron chi connectivity index (χ0n) is 18.8. The first-order valence-corrected chi connectivity index (χ1v) is 11.7. The first-order chi connectivity index (χ1) is 14.5. The molecule has 1 saturated heterocycles. The van der Waals surface area contributed by atoms with E-state index in [0.29, 0.717) is 36.4 Å². The Morgan fingerprint density at radius 1 is 1.26 bits per heavy atom. The van der Waals surface area contributed by atoms with Gasteiger partial charge >= 0.3 is 6.09 Å². The number of likely N-dealkylation sites (tertiary alicyclic amines) is 1. The van der Waals surface area contributed by atoms with Crippen molar-refractivity contribution >= 4 is 28.6 Å². The van der Waals surface area contributed by atoms with Crippen LogP contribution in [0.25, 0.3) is 10.9 Å². The zero-order valence-corrected chi connectivity index (χ0v) is 19.5. The Kier molecular flexibility index (Phi) is 4.78. The molecule has 0 aromatic carbocycles. The Hall–Kier alpha value is -1.89. The van der Waals surface area contributed by atoms with Crippen LogP contribution < -0.4 is 0 Å². The minimum absolute atomic E-state index is 0.0661. The third-order valence-electron chi connectivity index (χ3n) is 6.50. The summed E-state index contributed by atoms with van der Waals surface area (Å²) in [5.74, 6) is 0.814. The lowest BCUT2D eigenvalue weighted by molar-refractivity contribution is 0.0271. The van der Waals surface area contributed by atoms with Crippen LogP contribution in [0.3, 0.4) is 0 Å². The highest BCUT2D eigenvalue weighted by Crippen LogP contribution is 2.60. The number of ether oxygens (including phenoxy) is 1. The van der Waals surface area contributed by atoms with Crippen molar-refractivity contribution < 1.29 is 13.9 Å². The van der Waals surface area contributed by atoms with Crippen LogP contribution in [0.2, 0.25) is 5.15 Å². The summed E-state index contributed by atoms with van der Waals surface area (Å²) in [6.45, 7) is 11.2. The smallest absolute Gasteiger partial charge is 0.410 e. The number of hydrogen-bond donors (Lipinski definition) is 0. The van der Waals surface area contributed by atoms with Gasteiger partial charge in [-0.1, -0.05) is 25.4 Å². The van der Waals surface area contributed by atoms with Gasteiger partial charge in [-0.3, -0.25) is 4.68 Å². The van der Waals surface area contributed by atoms with Crippen LogP contribution in [0, 0.1) is 23.6 Å². The van der Waals surface area contributed by atoms with Gasteiger partial charge in [-0.15, -0.1) is 0 Å². The Morgan fingerprint density at radius 3 is 2.45 bits per heavy atom. The topological polar surface area (TPSA) is 60.3 Å². The molecule has 31 heavy (non-hydrogen) atoms. The molecule has 3 atom stereocenters. The summed E-state index contributed by atoms with van der Waals surface area (Å²) in [4.78, 5) is 18.7. The maximum absolute atomic E-state index is 15.2. The number of hydrogen-bond acceptors (Lipinski definition) is 4. The number of amides is 1. The summed E-state index contributed by atoms with van der Waals surface area (Å²) >= 11 is 6.19. The SMILES string of the molecule is CC(C)Cc1nc(Cl)c(F)c2c1c(C1[C@H]3CN(C(=O)OC(C)(C)C)C[C@@H]13)nn2C1CC1. The normalized spacial score (nSPS) is 25.4. The molecule has 1 amide bonds. The lowest BCUT2D eigenvalue weighted by Gasteiger charge is -2.25. The minimum Gasteiger partial charge on any atom is -0.444 e. The van der Waals surface area contributed by atoms with Crippen molar-refractivity contribution in [1.29, 1.82) is 0 Å². The Balaban J connectivity index is 1.48. The number of fused-ring (bicyclic) bond motifs is 2.